The Bertz CT molecular complexity index is 181. The molecule has 0 spiro atoms. The van der Waals surface area contributed by atoms with E-state index in [9.17, 15) is 0 Å². The Labute approximate surface area is 89.2 Å². The first-order chi connectivity index (χ1) is 6.59. The molecule has 0 amide bonds. The van der Waals surface area contributed by atoms with Crippen molar-refractivity contribution in [3.63, 3.8) is 0 Å². The number of likely N-dealkylation sites (tertiary alicyclic amines) is 1. The first kappa shape index (κ1) is 11.8. The Morgan fingerprint density at radius 2 is 1.71 bits per heavy atom. The SMILES string of the molecule is CC(C)CC=C1CCN(C(C)C)CC1. The molecule has 0 bridgehead atoms. The highest BCUT2D eigenvalue weighted by atomic mass is 15.1. The highest BCUT2D eigenvalue weighted by Gasteiger charge is 2.15. The van der Waals surface area contributed by atoms with E-state index in [0.29, 0.717) is 0 Å². The van der Waals surface area contributed by atoms with Gasteiger partial charge >= 0.3 is 0 Å². The van der Waals surface area contributed by atoms with E-state index in [1.165, 1.54) is 32.4 Å². The number of piperidine rings is 1. The molecule has 1 heterocycles. The zero-order chi connectivity index (χ0) is 10.6. The van der Waals surface area contributed by atoms with E-state index >= 15 is 0 Å². The molecular formula is C13H25N. The summed E-state index contributed by atoms with van der Waals surface area (Å²) in [5.41, 5.74) is 1.69. The number of hydrogen-bond donors (Lipinski definition) is 0. The Morgan fingerprint density at radius 3 is 2.14 bits per heavy atom. The van der Waals surface area contributed by atoms with Crippen molar-refractivity contribution in [2.24, 2.45) is 5.92 Å². The molecule has 1 saturated heterocycles. The lowest BCUT2D eigenvalue weighted by Crippen LogP contribution is -2.36. The van der Waals surface area contributed by atoms with Crippen LogP contribution < -0.4 is 0 Å². The Hall–Kier alpha value is -0.300. The van der Waals surface area contributed by atoms with Crippen LogP contribution in [-0.2, 0) is 0 Å². The van der Waals surface area contributed by atoms with Crippen molar-refractivity contribution in [1.82, 2.24) is 4.90 Å². The van der Waals surface area contributed by atoms with Crippen LogP contribution >= 0.6 is 0 Å². The normalized spacial score (nSPS) is 19.4. The van der Waals surface area contributed by atoms with E-state index in [4.69, 9.17) is 0 Å². The Balaban J connectivity index is 2.31. The monoisotopic (exact) mass is 195 g/mol. The van der Waals surface area contributed by atoms with Crippen LogP contribution in [0.1, 0.15) is 47.0 Å². The zero-order valence-electron chi connectivity index (χ0n) is 10.2. The predicted molar refractivity (Wildman–Crippen MR) is 63.5 cm³/mol. The van der Waals surface area contributed by atoms with Crippen LogP contribution in [0.5, 0.6) is 0 Å². The summed E-state index contributed by atoms with van der Waals surface area (Å²) in [5.74, 6) is 0.811. The summed E-state index contributed by atoms with van der Waals surface area (Å²) in [6.45, 7) is 11.7. The molecule has 1 aliphatic rings. The number of nitrogens with zero attached hydrogens (tertiary/aromatic N) is 1. The summed E-state index contributed by atoms with van der Waals surface area (Å²) in [5, 5.41) is 0. The van der Waals surface area contributed by atoms with Gasteiger partial charge in [0.15, 0.2) is 0 Å². The lowest BCUT2D eigenvalue weighted by molar-refractivity contribution is 0.207. The summed E-state index contributed by atoms with van der Waals surface area (Å²) in [6, 6.07) is 0.724. The minimum absolute atomic E-state index is 0.724. The van der Waals surface area contributed by atoms with Crippen LogP contribution in [0, 0.1) is 5.92 Å². The molecule has 0 atom stereocenters. The maximum Gasteiger partial charge on any atom is 0.00388 e. The van der Waals surface area contributed by atoms with Gasteiger partial charge in [-0.25, -0.2) is 0 Å². The highest BCUT2D eigenvalue weighted by Crippen LogP contribution is 2.19. The van der Waals surface area contributed by atoms with Gasteiger partial charge in [0.1, 0.15) is 0 Å². The molecule has 14 heavy (non-hydrogen) atoms. The second-order valence-electron chi connectivity index (χ2n) is 5.12. The van der Waals surface area contributed by atoms with Gasteiger partial charge in [-0.2, -0.15) is 0 Å². The molecule has 0 aromatic rings. The molecule has 0 aliphatic carbocycles. The molecule has 0 saturated carbocycles. The van der Waals surface area contributed by atoms with E-state index in [1.807, 2.05) is 0 Å². The zero-order valence-corrected chi connectivity index (χ0v) is 10.2. The quantitative estimate of drug-likeness (QED) is 0.623. The van der Waals surface area contributed by atoms with Crippen molar-refractivity contribution in [2.45, 2.75) is 53.0 Å². The molecule has 1 nitrogen and oxygen atoms in total. The minimum atomic E-state index is 0.724. The molecule has 0 N–H and O–H groups in total. The van der Waals surface area contributed by atoms with Gasteiger partial charge in [-0.05, 0) is 39.0 Å². The molecule has 0 aromatic heterocycles. The molecule has 0 aromatic carbocycles. The molecule has 0 radical (unpaired) electrons. The summed E-state index contributed by atoms with van der Waals surface area (Å²) < 4.78 is 0. The molecule has 0 unspecified atom stereocenters. The van der Waals surface area contributed by atoms with Gasteiger partial charge in [0, 0.05) is 19.1 Å². The standard InChI is InChI=1S/C13H25N/c1-11(2)5-6-13-7-9-14(10-8-13)12(3)4/h6,11-12H,5,7-10H2,1-4H3. The smallest absolute Gasteiger partial charge is 0.00388 e. The van der Waals surface area contributed by atoms with Crippen LogP contribution in [0.3, 0.4) is 0 Å². The summed E-state index contributed by atoms with van der Waals surface area (Å²) in [4.78, 5) is 2.58. The topological polar surface area (TPSA) is 3.24 Å². The van der Waals surface area contributed by atoms with Gasteiger partial charge in [0.25, 0.3) is 0 Å². The molecule has 1 rings (SSSR count). The van der Waals surface area contributed by atoms with E-state index < -0.39 is 0 Å². The fraction of sp³-hybridized carbons (Fsp3) is 0.846. The summed E-state index contributed by atoms with van der Waals surface area (Å²) in [6.07, 6.45) is 6.33. The van der Waals surface area contributed by atoms with Gasteiger partial charge < -0.3 is 4.90 Å². The third-order valence-corrected chi connectivity index (χ3v) is 3.05. The predicted octanol–water partition coefficient (Wildman–Crippen LogP) is 3.46. The van der Waals surface area contributed by atoms with E-state index in [1.54, 1.807) is 5.57 Å². The van der Waals surface area contributed by atoms with E-state index in [2.05, 4.69) is 38.7 Å². The third kappa shape index (κ3) is 3.83. The second kappa shape index (κ2) is 5.55. The van der Waals surface area contributed by atoms with Gasteiger partial charge in [0.2, 0.25) is 0 Å². The highest BCUT2D eigenvalue weighted by molar-refractivity contribution is 5.06. The first-order valence-electron chi connectivity index (χ1n) is 6.01. The Kier molecular flexibility index (Phi) is 4.67. The minimum Gasteiger partial charge on any atom is -0.300 e. The van der Waals surface area contributed by atoms with Crippen molar-refractivity contribution in [3.8, 4) is 0 Å². The van der Waals surface area contributed by atoms with Crippen molar-refractivity contribution in [2.75, 3.05) is 13.1 Å². The van der Waals surface area contributed by atoms with Crippen molar-refractivity contribution in [1.29, 1.82) is 0 Å². The van der Waals surface area contributed by atoms with Gasteiger partial charge in [0.05, 0.1) is 0 Å². The van der Waals surface area contributed by atoms with Crippen molar-refractivity contribution < 1.29 is 0 Å². The molecule has 1 aliphatic heterocycles. The van der Waals surface area contributed by atoms with Crippen LogP contribution in [-0.4, -0.2) is 24.0 Å². The summed E-state index contributed by atoms with van der Waals surface area (Å²) in [7, 11) is 0. The molecule has 1 heteroatoms. The fourth-order valence-electron chi connectivity index (χ4n) is 1.93. The average molecular weight is 195 g/mol. The van der Waals surface area contributed by atoms with Gasteiger partial charge in [-0.1, -0.05) is 25.5 Å². The maximum atomic E-state index is 2.58. The van der Waals surface area contributed by atoms with Crippen LogP contribution in [0.4, 0.5) is 0 Å². The Morgan fingerprint density at radius 1 is 1.14 bits per heavy atom. The first-order valence-corrected chi connectivity index (χ1v) is 6.01. The molecule has 82 valence electrons. The van der Waals surface area contributed by atoms with Crippen molar-refractivity contribution >= 4 is 0 Å². The second-order valence-corrected chi connectivity index (χ2v) is 5.12. The van der Waals surface area contributed by atoms with E-state index in [-0.39, 0.29) is 0 Å². The molecular weight excluding hydrogens is 170 g/mol. The number of allylic oxidation sites excluding steroid dienone is 1. The number of hydrogen-bond acceptors (Lipinski definition) is 1. The lowest BCUT2D eigenvalue weighted by atomic mass is 9.99. The molecule has 1 fully saturated rings. The largest absolute Gasteiger partial charge is 0.300 e. The van der Waals surface area contributed by atoms with E-state index in [0.717, 1.165) is 12.0 Å². The average Bonchev–Trinajstić information content (AvgIpc) is 2.15. The lowest BCUT2D eigenvalue weighted by Gasteiger charge is -2.31. The van der Waals surface area contributed by atoms with Crippen LogP contribution in [0.2, 0.25) is 0 Å². The van der Waals surface area contributed by atoms with Crippen LogP contribution in [0.25, 0.3) is 0 Å². The van der Waals surface area contributed by atoms with Gasteiger partial charge in [-0.3, -0.25) is 0 Å². The summed E-state index contributed by atoms with van der Waals surface area (Å²) >= 11 is 0. The van der Waals surface area contributed by atoms with Crippen LogP contribution in [0.15, 0.2) is 11.6 Å². The maximum absolute atomic E-state index is 2.58. The number of rotatable bonds is 3. The third-order valence-electron chi connectivity index (χ3n) is 3.05. The fourth-order valence-corrected chi connectivity index (χ4v) is 1.93. The van der Waals surface area contributed by atoms with Crippen molar-refractivity contribution in [3.05, 3.63) is 11.6 Å². The van der Waals surface area contributed by atoms with Gasteiger partial charge in [-0.15, -0.1) is 0 Å².